The normalized spacial score (nSPS) is 15.3. The van der Waals surface area contributed by atoms with Crippen LogP contribution < -0.4 is 5.32 Å². The standard InChI is InChI=1S/C24H26Cl4N2O2/c1-15(24(32)29-18-5-3-2-4-6-18)30(14-17-8-10-20(26)22(28)12-17)23(31)13-16-7-9-19(25)21(27)11-16/h7-12,15,18H,2-6,13-14H2,1H3,(H,29,32). The Morgan fingerprint density at radius 1 is 0.906 bits per heavy atom. The zero-order chi connectivity index (χ0) is 23.3. The van der Waals surface area contributed by atoms with Crippen molar-refractivity contribution in [2.45, 2.75) is 64.1 Å². The van der Waals surface area contributed by atoms with Crippen LogP contribution in [-0.2, 0) is 22.6 Å². The molecule has 1 unspecified atom stereocenters. The number of amides is 2. The van der Waals surface area contributed by atoms with Crippen LogP contribution >= 0.6 is 46.4 Å². The molecular weight excluding hydrogens is 490 g/mol. The van der Waals surface area contributed by atoms with E-state index in [1.54, 1.807) is 48.2 Å². The third-order valence-electron chi connectivity index (χ3n) is 5.80. The Labute approximate surface area is 209 Å². The minimum Gasteiger partial charge on any atom is -0.352 e. The van der Waals surface area contributed by atoms with E-state index < -0.39 is 6.04 Å². The Morgan fingerprint density at radius 3 is 2.06 bits per heavy atom. The van der Waals surface area contributed by atoms with E-state index in [1.165, 1.54) is 6.42 Å². The number of carbonyl (C=O) groups excluding carboxylic acids is 2. The fraction of sp³-hybridized carbons (Fsp3) is 0.417. The van der Waals surface area contributed by atoms with Gasteiger partial charge in [0.25, 0.3) is 0 Å². The Bertz CT molecular complexity index is 976. The van der Waals surface area contributed by atoms with Crippen LogP contribution in [0.5, 0.6) is 0 Å². The van der Waals surface area contributed by atoms with Crippen LogP contribution in [0.1, 0.15) is 50.2 Å². The van der Waals surface area contributed by atoms with Crippen molar-refractivity contribution in [1.82, 2.24) is 10.2 Å². The summed E-state index contributed by atoms with van der Waals surface area (Å²) in [6, 6.07) is 9.82. The van der Waals surface area contributed by atoms with Crippen LogP contribution in [0, 0.1) is 0 Å². The zero-order valence-electron chi connectivity index (χ0n) is 17.8. The van der Waals surface area contributed by atoms with Gasteiger partial charge in [-0.15, -0.1) is 0 Å². The van der Waals surface area contributed by atoms with Gasteiger partial charge in [0.1, 0.15) is 6.04 Å². The zero-order valence-corrected chi connectivity index (χ0v) is 20.9. The molecule has 0 radical (unpaired) electrons. The Balaban J connectivity index is 1.79. The topological polar surface area (TPSA) is 49.4 Å². The van der Waals surface area contributed by atoms with Crippen LogP contribution in [0.25, 0.3) is 0 Å². The van der Waals surface area contributed by atoms with Crippen LogP contribution in [0.2, 0.25) is 20.1 Å². The summed E-state index contributed by atoms with van der Waals surface area (Å²) in [5, 5.41) is 4.77. The third kappa shape index (κ3) is 6.77. The minimum atomic E-state index is -0.651. The van der Waals surface area contributed by atoms with Crippen molar-refractivity contribution in [2.24, 2.45) is 0 Å². The van der Waals surface area contributed by atoms with Gasteiger partial charge in [0.2, 0.25) is 11.8 Å². The molecule has 1 N–H and O–H groups in total. The summed E-state index contributed by atoms with van der Waals surface area (Å²) < 4.78 is 0. The van der Waals surface area contributed by atoms with Crippen LogP contribution in [0.3, 0.4) is 0 Å². The van der Waals surface area contributed by atoms with Crippen molar-refractivity contribution in [3.63, 3.8) is 0 Å². The van der Waals surface area contributed by atoms with Gasteiger partial charge in [-0.2, -0.15) is 0 Å². The summed E-state index contributed by atoms with van der Waals surface area (Å²) >= 11 is 24.3. The second kappa shape index (κ2) is 11.6. The van der Waals surface area contributed by atoms with Gasteiger partial charge in [-0.05, 0) is 55.2 Å². The van der Waals surface area contributed by atoms with Gasteiger partial charge in [0.05, 0.1) is 26.5 Å². The van der Waals surface area contributed by atoms with Gasteiger partial charge in [-0.25, -0.2) is 0 Å². The lowest BCUT2D eigenvalue weighted by Crippen LogP contribution is -2.50. The molecule has 0 aromatic heterocycles. The van der Waals surface area contributed by atoms with Crippen LogP contribution in [0.15, 0.2) is 36.4 Å². The second-order valence-electron chi connectivity index (χ2n) is 8.21. The van der Waals surface area contributed by atoms with Gasteiger partial charge in [-0.3, -0.25) is 9.59 Å². The van der Waals surface area contributed by atoms with Gasteiger partial charge in [0, 0.05) is 12.6 Å². The highest BCUT2D eigenvalue weighted by molar-refractivity contribution is 6.42. The molecule has 0 heterocycles. The molecule has 1 aliphatic rings. The average molecular weight is 516 g/mol. The van der Waals surface area contributed by atoms with Crippen molar-refractivity contribution >= 4 is 58.2 Å². The molecule has 2 aromatic rings. The third-order valence-corrected chi connectivity index (χ3v) is 7.27. The molecule has 1 fully saturated rings. The number of hydrogen-bond donors (Lipinski definition) is 1. The summed E-state index contributed by atoms with van der Waals surface area (Å²) in [6.45, 7) is 1.98. The van der Waals surface area contributed by atoms with E-state index in [0.29, 0.717) is 20.1 Å². The quantitative estimate of drug-likeness (QED) is 0.445. The molecule has 3 rings (SSSR count). The monoisotopic (exact) mass is 514 g/mol. The predicted molar refractivity (Wildman–Crippen MR) is 132 cm³/mol. The summed E-state index contributed by atoms with van der Waals surface area (Å²) in [5.74, 6) is -0.347. The molecule has 1 aliphatic carbocycles. The lowest BCUT2D eigenvalue weighted by atomic mass is 9.95. The smallest absolute Gasteiger partial charge is 0.242 e. The summed E-state index contributed by atoms with van der Waals surface area (Å²) in [6.07, 6.45) is 5.48. The molecule has 1 atom stereocenters. The molecule has 0 spiro atoms. The fourth-order valence-corrected chi connectivity index (χ4v) is 4.55. The first-order valence-corrected chi connectivity index (χ1v) is 12.2. The number of nitrogens with one attached hydrogen (secondary N) is 1. The van der Waals surface area contributed by atoms with Crippen molar-refractivity contribution in [3.8, 4) is 0 Å². The number of carbonyl (C=O) groups is 2. The number of halogens is 4. The van der Waals surface area contributed by atoms with Crippen LogP contribution in [-0.4, -0.2) is 28.8 Å². The first-order valence-electron chi connectivity index (χ1n) is 10.7. The fourth-order valence-electron chi connectivity index (χ4n) is 3.91. The molecule has 0 aliphatic heterocycles. The molecule has 1 saturated carbocycles. The van der Waals surface area contributed by atoms with E-state index in [-0.39, 0.29) is 30.8 Å². The molecule has 2 aromatic carbocycles. The summed E-state index contributed by atoms with van der Waals surface area (Å²) in [4.78, 5) is 27.9. The number of nitrogens with zero attached hydrogens (tertiary/aromatic N) is 1. The van der Waals surface area contributed by atoms with Crippen molar-refractivity contribution in [3.05, 3.63) is 67.6 Å². The SMILES string of the molecule is CC(C(=O)NC1CCCCC1)N(Cc1ccc(Cl)c(Cl)c1)C(=O)Cc1ccc(Cl)c(Cl)c1. The molecular formula is C24H26Cl4N2O2. The first kappa shape index (κ1) is 25.2. The van der Waals surface area contributed by atoms with Gasteiger partial charge < -0.3 is 10.2 Å². The molecule has 172 valence electrons. The van der Waals surface area contributed by atoms with Gasteiger partial charge >= 0.3 is 0 Å². The van der Waals surface area contributed by atoms with Crippen molar-refractivity contribution in [2.75, 3.05) is 0 Å². The lowest BCUT2D eigenvalue weighted by Gasteiger charge is -2.31. The van der Waals surface area contributed by atoms with Crippen molar-refractivity contribution in [1.29, 1.82) is 0 Å². The number of hydrogen-bond acceptors (Lipinski definition) is 2. The maximum Gasteiger partial charge on any atom is 0.242 e. The molecule has 0 bridgehead atoms. The Hall–Kier alpha value is -1.46. The molecule has 2 amide bonds. The summed E-state index contributed by atoms with van der Waals surface area (Å²) in [5.41, 5.74) is 1.52. The molecule has 8 heteroatoms. The van der Waals surface area contributed by atoms with E-state index in [2.05, 4.69) is 5.32 Å². The first-order chi connectivity index (χ1) is 15.2. The Morgan fingerprint density at radius 2 is 1.47 bits per heavy atom. The lowest BCUT2D eigenvalue weighted by molar-refractivity contribution is -0.140. The van der Waals surface area contributed by atoms with E-state index in [0.717, 1.165) is 36.8 Å². The number of rotatable bonds is 7. The molecule has 32 heavy (non-hydrogen) atoms. The largest absolute Gasteiger partial charge is 0.352 e. The van der Waals surface area contributed by atoms with E-state index >= 15 is 0 Å². The highest BCUT2D eigenvalue weighted by atomic mass is 35.5. The Kier molecular flexibility index (Phi) is 9.13. The maximum atomic E-state index is 13.3. The maximum absolute atomic E-state index is 13.3. The highest BCUT2D eigenvalue weighted by Crippen LogP contribution is 2.26. The molecule has 4 nitrogen and oxygen atoms in total. The van der Waals surface area contributed by atoms with E-state index in [9.17, 15) is 9.59 Å². The van der Waals surface area contributed by atoms with Gasteiger partial charge in [-0.1, -0.05) is 77.8 Å². The number of benzene rings is 2. The molecule has 0 saturated heterocycles. The second-order valence-corrected chi connectivity index (χ2v) is 9.84. The minimum absolute atomic E-state index is 0.0965. The van der Waals surface area contributed by atoms with E-state index in [4.69, 9.17) is 46.4 Å². The van der Waals surface area contributed by atoms with Crippen molar-refractivity contribution < 1.29 is 9.59 Å². The van der Waals surface area contributed by atoms with Gasteiger partial charge in [0.15, 0.2) is 0 Å². The predicted octanol–water partition coefficient (Wildman–Crippen LogP) is 6.71. The van der Waals surface area contributed by atoms with E-state index in [1.807, 2.05) is 0 Å². The summed E-state index contributed by atoms with van der Waals surface area (Å²) in [7, 11) is 0. The highest BCUT2D eigenvalue weighted by Gasteiger charge is 2.28. The average Bonchev–Trinajstić information content (AvgIpc) is 2.77. The van der Waals surface area contributed by atoms with Crippen LogP contribution in [0.4, 0.5) is 0 Å².